The highest BCUT2D eigenvalue weighted by Crippen LogP contribution is 2.67. The zero-order valence-electron chi connectivity index (χ0n) is 32.1. The van der Waals surface area contributed by atoms with Crippen LogP contribution in [0.25, 0.3) is 0 Å². The second kappa shape index (κ2) is 15.4. The van der Waals surface area contributed by atoms with Crippen molar-refractivity contribution in [2.75, 3.05) is 6.61 Å². The zero-order valence-corrected chi connectivity index (χ0v) is 32.9. The second-order valence-electron chi connectivity index (χ2n) is 18.3. The van der Waals surface area contributed by atoms with E-state index in [4.69, 9.17) is 27.9 Å². The van der Waals surface area contributed by atoms with Gasteiger partial charge in [0.15, 0.2) is 18.7 Å². The van der Waals surface area contributed by atoms with Crippen molar-refractivity contribution in [3.8, 4) is 0 Å². The molecule has 0 spiro atoms. The Balaban J connectivity index is 1.12. The normalized spacial score (nSPS) is 50.4. The molecule has 7 rings (SSSR count). The molecule has 0 amide bonds. The van der Waals surface area contributed by atoms with Gasteiger partial charge in [0.2, 0.25) is 0 Å². The van der Waals surface area contributed by atoms with Crippen molar-refractivity contribution in [3.05, 3.63) is 11.6 Å². The number of hydrogen-bond donors (Lipinski definition) is 7. The number of carboxylic acid groups (broad SMARTS) is 1. The maximum absolute atomic E-state index is 12.4. The summed E-state index contributed by atoms with van der Waals surface area (Å²) >= 11 is 0. The van der Waals surface area contributed by atoms with E-state index in [1.165, 1.54) is 5.57 Å². The molecule has 6 fully saturated rings. The van der Waals surface area contributed by atoms with E-state index >= 15 is 0 Å². The summed E-state index contributed by atoms with van der Waals surface area (Å²) in [5, 5.41) is 62.1. The third kappa shape index (κ3) is 7.80. The van der Waals surface area contributed by atoms with Gasteiger partial charge in [-0.3, -0.25) is 4.55 Å². The predicted octanol–water partition coefficient (Wildman–Crippen LogP) is 1.55. The Bertz CT molecular complexity index is 1560. The fourth-order valence-electron chi connectivity index (χ4n) is 11.8. The van der Waals surface area contributed by atoms with Crippen molar-refractivity contribution in [1.29, 1.82) is 0 Å². The molecule has 0 bridgehead atoms. The van der Waals surface area contributed by atoms with Gasteiger partial charge in [-0.2, -0.15) is 8.42 Å². The lowest BCUT2D eigenvalue weighted by atomic mass is 9.47. The quantitative estimate of drug-likeness (QED) is 0.0677. The van der Waals surface area contributed by atoms with Gasteiger partial charge >= 0.3 is 16.4 Å². The van der Waals surface area contributed by atoms with Gasteiger partial charge in [-0.25, -0.2) is 8.98 Å². The van der Waals surface area contributed by atoms with Crippen molar-refractivity contribution >= 4 is 16.4 Å². The van der Waals surface area contributed by atoms with Crippen LogP contribution in [0.2, 0.25) is 0 Å². The number of fused-ring (bicyclic) bond motifs is 5. The maximum atomic E-state index is 12.4. The molecular weight excluding hydrogens is 744 g/mol. The maximum Gasteiger partial charge on any atom is 0.397 e. The number of allylic oxidation sites excluding steroid dienone is 2. The molecule has 3 saturated heterocycles. The topological polar surface area (TPSA) is 251 Å². The minimum Gasteiger partial charge on any atom is -0.479 e. The smallest absolute Gasteiger partial charge is 0.397 e. The van der Waals surface area contributed by atoms with Crippen molar-refractivity contribution in [2.24, 2.45) is 46.3 Å². The Hall–Kier alpha value is -1.32. The highest BCUT2D eigenvalue weighted by Gasteiger charge is 2.63. The van der Waals surface area contributed by atoms with Gasteiger partial charge in [0, 0.05) is 0 Å². The fourth-order valence-corrected chi connectivity index (χ4v) is 12.4. The molecule has 55 heavy (non-hydrogen) atoms. The summed E-state index contributed by atoms with van der Waals surface area (Å²) in [6.07, 6.45) is -8.57. The molecule has 0 aromatic carbocycles. The highest BCUT2D eigenvalue weighted by atomic mass is 32.3. The lowest BCUT2D eigenvalue weighted by molar-refractivity contribution is -0.359. The van der Waals surface area contributed by atoms with Gasteiger partial charge in [-0.1, -0.05) is 46.3 Å². The number of aliphatic hydroxyl groups is 5. The van der Waals surface area contributed by atoms with Gasteiger partial charge in [-0.05, 0) is 97.7 Å². The Morgan fingerprint density at radius 3 is 2.33 bits per heavy atom. The van der Waals surface area contributed by atoms with E-state index in [1.807, 2.05) is 0 Å². The number of aliphatic carboxylic acids is 1. The van der Waals surface area contributed by atoms with Crippen LogP contribution in [-0.2, 0) is 43.1 Å². The number of epoxide rings is 1. The average Bonchev–Trinajstić information content (AvgIpc) is 3.76. The van der Waals surface area contributed by atoms with Crippen molar-refractivity contribution in [1.82, 2.24) is 0 Å². The number of hydrogen-bond acceptors (Lipinski definition) is 14. The summed E-state index contributed by atoms with van der Waals surface area (Å²) in [6, 6.07) is 0. The van der Waals surface area contributed by atoms with Crippen LogP contribution in [0, 0.1) is 46.3 Å². The van der Waals surface area contributed by atoms with Crippen LogP contribution in [0.5, 0.6) is 0 Å². The molecule has 7 N–H and O–H groups in total. The second-order valence-corrected chi connectivity index (χ2v) is 19.4. The number of carbonyl (C=O) groups is 1. The lowest BCUT2D eigenvalue weighted by Crippen LogP contribution is -2.64. The van der Waals surface area contributed by atoms with E-state index in [-0.39, 0.29) is 29.8 Å². The van der Waals surface area contributed by atoms with Gasteiger partial charge in [0.25, 0.3) is 0 Å². The van der Waals surface area contributed by atoms with E-state index in [0.717, 1.165) is 25.7 Å². The number of aliphatic hydroxyl groups excluding tert-OH is 5. The molecule has 3 saturated carbocycles. The van der Waals surface area contributed by atoms with Crippen LogP contribution >= 0.6 is 0 Å². The molecule has 0 unspecified atom stereocenters. The standard InChI is InChI=1S/C38H60O16S/c1-16(2)12-26-31(51-26)17(3)20-6-7-21-19-14-25(54-55(46,47)48)23-13-18(8-10-38(23,5)22(19)9-11-37(20,21)4)50-36-33(29(42)28(41)32(52-36)34(44)45)53-35-30(43)27(40)24(39)15-49-35/h9,16-21,23-33,35-36,39-43H,6-8,10-15H2,1-5H3,(H,44,45)(H,46,47,48)/t17-,18-,19-,20+,21-,23+,24-,25-,26-,27-,28-,29-,30+,31-,32-,33+,35-,36+,37+,38+/m0/s1. The number of ether oxygens (including phenoxy) is 5. The first-order chi connectivity index (χ1) is 25.7. The van der Waals surface area contributed by atoms with E-state index in [1.54, 1.807) is 0 Å². The molecule has 0 aromatic rings. The van der Waals surface area contributed by atoms with Crippen LogP contribution in [-0.4, -0.2) is 136 Å². The Kier molecular flexibility index (Phi) is 11.7. The zero-order chi connectivity index (χ0) is 39.9. The average molecular weight is 805 g/mol. The van der Waals surface area contributed by atoms with Gasteiger partial charge in [0.1, 0.15) is 36.6 Å². The number of carboxylic acids is 1. The molecule has 3 heterocycles. The summed E-state index contributed by atoms with van der Waals surface area (Å²) in [4.78, 5) is 12.0. The van der Waals surface area contributed by atoms with Crippen molar-refractivity contribution in [2.45, 2.75) is 166 Å². The van der Waals surface area contributed by atoms with Gasteiger partial charge in [0.05, 0.1) is 31.0 Å². The molecule has 4 aliphatic carbocycles. The number of rotatable bonds is 11. The van der Waals surface area contributed by atoms with Crippen LogP contribution in [0.4, 0.5) is 0 Å². The van der Waals surface area contributed by atoms with Crippen LogP contribution in [0.1, 0.15) is 86.0 Å². The van der Waals surface area contributed by atoms with Crippen LogP contribution in [0.3, 0.4) is 0 Å². The van der Waals surface area contributed by atoms with E-state index in [9.17, 15) is 48.4 Å². The van der Waals surface area contributed by atoms with Crippen molar-refractivity contribution < 1.29 is 76.3 Å². The monoisotopic (exact) mass is 804 g/mol. The summed E-state index contributed by atoms with van der Waals surface area (Å²) in [5.74, 6) is -0.311. The Morgan fingerprint density at radius 2 is 1.65 bits per heavy atom. The molecule has 16 nitrogen and oxygen atoms in total. The minimum absolute atomic E-state index is 0.0166. The molecule has 0 radical (unpaired) electrons. The SMILES string of the molecule is CC(C)C[C@@H]1O[C@H]1[C@@H](C)[C@H]1CC[C@H]2[C@@H]3C[C@H](OS(=O)(=O)O)[C@H]4C[C@@H](O[C@@H]5O[C@H](C(=O)O)[C@@H](O)[C@H](O)[C@H]5O[C@@H]5OC[C@H](O)[C@H](O)[C@H]5O)CC[C@]4(C)C3=CC[C@]12C. The Labute approximate surface area is 322 Å². The van der Waals surface area contributed by atoms with E-state index in [2.05, 4.69) is 40.7 Å². The van der Waals surface area contributed by atoms with Crippen molar-refractivity contribution in [3.63, 3.8) is 0 Å². The third-order valence-electron chi connectivity index (χ3n) is 14.6. The summed E-state index contributed by atoms with van der Waals surface area (Å²) in [6.45, 7) is 10.8. The first kappa shape index (κ1) is 41.8. The molecule has 7 aliphatic rings. The Morgan fingerprint density at radius 1 is 0.927 bits per heavy atom. The summed E-state index contributed by atoms with van der Waals surface area (Å²) in [7, 11) is -4.86. The first-order valence-corrected chi connectivity index (χ1v) is 21.3. The van der Waals surface area contributed by atoms with Crippen LogP contribution < -0.4 is 0 Å². The first-order valence-electron chi connectivity index (χ1n) is 20.0. The summed E-state index contributed by atoms with van der Waals surface area (Å²) in [5.41, 5.74) is 0.730. The van der Waals surface area contributed by atoms with E-state index in [0.29, 0.717) is 43.1 Å². The lowest BCUT2D eigenvalue weighted by Gasteiger charge is -2.59. The van der Waals surface area contributed by atoms with Gasteiger partial charge in [-0.15, -0.1) is 0 Å². The third-order valence-corrected chi connectivity index (χ3v) is 15.1. The summed E-state index contributed by atoms with van der Waals surface area (Å²) < 4.78 is 69.7. The molecule has 17 heteroatoms. The van der Waals surface area contributed by atoms with E-state index < -0.39 is 102 Å². The molecule has 0 aromatic heterocycles. The minimum atomic E-state index is -4.86. The predicted molar refractivity (Wildman–Crippen MR) is 190 cm³/mol. The largest absolute Gasteiger partial charge is 0.479 e. The highest BCUT2D eigenvalue weighted by molar-refractivity contribution is 7.80. The van der Waals surface area contributed by atoms with Crippen LogP contribution in [0.15, 0.2) is 11.6 Å². The molecular formula is C38H60O16S. The molecule has 314 valence electrons. The van der Waals surface area contributed by atoms with Gasteiger partial charge < -0.3 is 54.3 Å². The fraction of sp³-hybridized carbons (Fsp3) is 0.921. The molecule has 20 atom stereocenters. The molecule has 3 aliphatic heterocycles.